The maximum absolute atomic E-state index is 5.57. The van der Waals surface area contributed by atoms with E-state index in [9.17, 15) is 0 Å². The molecule has 0 saturated heterocycles. The van der Waals surface area contributed by atoms with E-state index in [1.807, 2.05) is 18.4 Å². The van der Waals surface area contributed by atoms with Gasteiger partial charge in [0, 0.05) is 19.1 Å². The predicted octanol–water partition coefficient (Wildman–Crippen LogP) is 2.52. The van der Waals surface area contributed by atoms with Crippen molar-refractivity contribution in [1.29, 1.82) is 0 Å². The number of nitrogens with zero attached hydrogens (tertiary/aromatic N) is 4. The van der Waals surface area contributed by atoms with Gasteiger partial charge < -0.3 is 9.47 Å². The lowest BCUT2D eigenvalue weighted by atomic mass is 9.85. The molecule has 0 radical (unpaired) electrons. The number of aromatic nitrogens is 4. The van der Waals surface area contributed by atoms with Crippen LogP contribution in [0.1, 0.15) is 56.1 Å². The highest BCUT2D eigenvalue weighted by Gasteiger charge is 2.27. The fourth-order valence-electron chi connectivity index (χ4n) is 2.16. The SMILES string of the molecule is CCOC(OCC)c1nn2c(C3CCC3)nnc2s1. The normalized spacial score (nSPS) is 16.4. The fraction of sp³-hybridized carbons (Fsp3) is 0.750. The lowest BCUT2D eigenvalue weighted by Crippen LogP contribution is -2.14. The third kappa shape index (κ3) is 2.37. The van der Waals surface area contributed by atoms with Crippen LogP contribution in [0.5, 0.6) is 0 Å². The van der Waals surface area contributed by atoms with Crippen molar-refractivity contribution in [2.24, 2.45) is 0 Å². The second-order valence-corrected chi connectivity index (χ2v) is 5.55. The Kier molecular flexibility index (Phi) is 3.76. The summed E-state index contributed by atoms with van der Waals surface area (Å²) in [7, 11) is 0. The Hall–Kier alpha value is -1.05. The molecular formula is C12H18N4O2S. The maximum atomic E-state index is 5.57. The molecule has 1 aliphatic rings. The van der Waals surface area contributed by atoms with Crippen molar-refractivity contribution in [2.45, 2.75) is 45.3 Å². The standard InChI is InChI=1S/C12H18N4O2S/c1-3-17-11(18-4-2)10-15-16-9(8-6-5-7-8)13-14-12(16)19-10/h8,11H,3-7H2,1-2H3. The van der Waals surface area contributed by atoms with Crippen molar-refractivity contribution in [3.8, 4) is 0 Å². The van der Waals surface area contributed by atoms with Crippen molar-refractivity contribution in [2.75, 3.05) is 13.2 Å². The van der Waals surface area contributed by atoms with Gasteiger partial charge in [-0.25, -0.2) is 0 Å². The molecule has 3 rings (SSSR count). The molecular weight excluding hydrogens is 264 g/mol. The van der Waals surface area contributed by atoms with Crippen LogP contribution >= 0.6 is 11.3 Å². The van der Waals surface area contributed by atoms with Gasteiger partial charge in [0.25, 0.3) is 0 Å². The van der Waals surface area contributed by atoms with Crippen LogP contribution in [0.25, 0.3) is 4.96 Å². The van der Waals surface area contributed by atoms with E-state index in [1.165, 1.54) is 30.6 Å². The van der Waals surface area contributed by atoms with Crippen LogP contribution in [0.15, 0.2) is 0 Å². The fourth-order valence-corrected chi connectivity index (χ4v) is 3.00. The van der Waals surface area contributed by atoms with Crippen molar-refractivity contribution in [3.05, 3.63) is 10.8 Å². The summed E-state index contributed by atoms with van der Waals surface area (Å²) in [5.41, 5.74) is 0. The average Bonchev–Trinajstić information content (AvgIpc) is 2.89. The third-order valence-electron chi connectivity index (χ3n) is 3.34. The molecule has 0 aromatic carbocycles. The zero-order valence-corrected chi connectivity index (χ0v) is 12.0. The van der Waals surface area contributed by atoms with Crippen molar-refractivity contribution in [1.82, 2.24) is 19.8 Å². The second-order valence-electron chi connectivity index (χ2n) is 4.56. The molecule has 0 N–H and O–H groups in total. The van der Waals surface area contributed by atoms with Crippen LogP contribution < -0.4 is 0 Å². The first-order valence-corrected chi connectivity index (χ1v) is 7.60. The van der Waals surface area contributed by atoms with E-state index in [4.69, 9.17) is 9.47 Å². The summed E-state index contributed by atoms with van der Waals surface area (Å²) in [4.78, 5) is 0.821. The van der Waals surface area contributed by atoms with Gasteiger partial charge in [0.05, 0.1) is 0 Å². The molecule has 104 valence electrons. The highest BCUT2D eigenvalue weighted by Crippen LogP contribution is 2.36. The van der Waals surface area contributed by atoms with Crippen molar-refractivity contribution in [3.63, 3.8) is 0 Å². The lowest BCUT2D eigenvalue weighted by molar-refractivity contribution is -0.140. The minimum atomic E-state index is -0.393. The van der Waals surface area contributed by atoms with Crippen LogP contribution in [0.2, 0.25) is 0 Å². The van der Waals surface area contributed by atoms with Crippen LogP contribution in [-0.2, 0) is 9.47 Å². The molecule has 2 aromatic rings. The minimum absolute atomic E-state index is 0.393. The average molecular weight is 282 g/mol. The smallest absolute Gasteiger partial charge is 0.234 e. The molecule has 0 aliphatic heterocycles. The molecule has 1 fully saturated rings. The summed E-state index contributed by atoms with van der Waals surface area (Å²) in [6.07, 6.45) is 3.26. The maximum Gasteiger partial charge on any atom is 0.234 e. The first kappa shape index (κ1) is 13.0. The first-order valence-electron chi connectivity index (χ1n) is 6.78. The lowest BCUT2D eigenvalue weighted by Gasteiger charge is -2.22. The summed E-state index contributed by atoms with van der Waals surface area (Å²) < 4.78 is 13.0. The predicted molar refractivity (Wildman–Crippen MR) is 71.2 cm³/mol. The zero-order chi connectivity index (χ0) is 13.2. The molecule has 0 atom stereocenters. The Morgan fingerprint density at radius 3 is 2.58 bits per heavy atom. The summed E-state index contributed by atoms with van der Waals surface area (Å²) >= 11 is 1.49. The molecule has 7 heteroatoms. The van der Waals surface area contributed by atoms with Gasteiger partial charge in [-0.3, -0.25) is 0 Å². The van der Waals surface area contributed by atoms with Crippen LogP contribution in [0, 0.1) is 0 Å². The number of hydrogen-bond donors (Lipinski definition) is 0. The largest absolute Gasteiger partial charge is 0.347 e. The van der Waals surface area contributed by atoms with Gasteiger partial charge in [0.15, 0.2) is 10.8 Å². The first-order chi connectivity index (χ1) is 9.33. The van der Waals surface area contributed by atoms with E-state index < -0.39 is 6.29 Å². The number of fused-ring (bicyclic) bond motifs is 1. The third-order valence-corrected chi connectivity index (χ3v) is 4.26. The van der Waals surface area contributed by atoms with Gasteiger partial charge in [0.1, 0.15) is 0 Å². The Bertz CT molecular complexity index is 543. The summed E-state index contributed by atoms with van der Waals surface area (Å²) in [6, 6.07) is 0. The molecule has 0 unspecified atom stereocenters. The van der Waals surface area contributed by atoms with Crippen LogP contribution in [0.3, 0.4) is 0 Å². The topological polar surface area (TPSA) is 61.5 Å². The van der Waals surface area contributed by atoms with E-state index in [2.05, 4.69) is 15.3 Å². The Morgan fingerprint density at radius 2 is 2.00 bits per heavy atom. The molecule has 2 heterocycles. The monoisotopic (exact) mass is 282 g/mol. The summed E-state index contributed by atoms with van der Waals surface area (Å²) in [5.74, 6) is 1.50. The van der Waals surface area contributed by atoms with Gasteiger partial charge in [-0.2, -0.15) is 9.61 Å². The number of hydrogen-bond acceptors (Lipinski definition) is 6. The Morgan fingerprint density at radius 1 is 1.26 bits per heavy atom. The van der Waals surface area contributed by atoms with Gasteiger partial charge in [-0.15, -0.1) is 10.2 Å². The highest BCUT2D eigenvalue weighted by molar-refractivity contribution is 7.16. The van der Waals surface area contributed by atoms with Gasteiger partial charge in [-0.1, -0.05) is 17.8 Å². The van der Waals surface area contributed by atoms with E-state index in [1.54, 1.807) is 0 Å². The number of ether oxygens (including phenoxy) is 2. The Labute approximate surface area is 115 Å². The van der Waals surface area contributed by atoms with Crippen molar-refractivity contribution < 1.29 is 9.47 Å². The van der Waals surface area contributed by atoms with Crippen LogP contribution in [-0.4, -0.2) is 33.0 Å². The molecule has 1 aliphatic carbocycles. The molecule has 0 bridgehead atoms. The highest BCUT2D eigenvalue weighted by atomic mass is 32.1. The van der Waals surface area contributed by atoms with Crippen LogP contribution in [0.4, 0.5) is 0 Å². The Balaban J connectivity index is 1.89. The molecule has 6 nitrogen and oxygen atoms in total. The van der Waals surface area contributed by atoms with E-state index >= 15 is 0 Å². The minimum Gasteiger partial charge on any atom is -0.347 e. The van der Waals surface area contributed by atoms with E-state index in [0.717, 1.165) is 15.8 Å². The molecule has 1 saturated carbocycles. The molecule has 2 aromatic heterocycles. The van der Waals surface area contributed by atoms with E-state index in [-0.39, 0.29) is 0 Å². The van der Waals surface area contributed by atoms with Gasteiger partial charge in [-0.05, 0) is 26.7 Å². The second kappa shape index (κ2) is 5.52. The quantitative estimate of drug-likeness (QED) is 0.762. The molecule has 0 spiro atoms. The van der Waals surface area contributed by atoms with E-state index in [0.29, 0.717) is 19.1 Å². The number of rotatable bonds is 6. The summed E-state index contributed by atoms with van der Waals surface area (Å²) in [6.45, 7) is 5.10. The molecule has 0 amide bonds. The summed E-state index contributed by atoms with van der Waals surface area (Å²) in [5, 5.41) is 13.8. The zero-order valence-electron chi connectivity index (χ0n) is 11.2. The molecule has 19 heavy (non-hydrogen) atoms. The van der Waals surface area contributed by atoms with Crippen molar-refractivity contribution >= 4 is 16.3 Å². The van der Waals surface area contributed by atoms with Gasteiger partial charge in [0.2, 0.25) is 11.3 Å². The van der Waals surface area contributed by atoms with Gasteiger partial charge >= 0.3 is 0 Å².